The molecule has 0 fully saturated rings. The maximum absolute atomic E-state index is 10.8. The maximum atomic E-state index is 10.8. The van der Waals surface area contributed by atoms with Crippen LogP contribution in [0.2, 0.25) is 0 Å². The summed E-state index contributed by atoms with van der Waals surface area (Å²) in [6.07, 6.45) is 0. The molecule has 0 radical (unpaired) electrons. The number of fused-ring (bicyclic) bond motifs is 1. The van der Waals surface area contributed by atoms with Crippen molar-refractivity contribution in [1.82, 2.24) is 10.1 Å². The zero-order chi connectivity index (χ0) is 11.0. The highest BCUT2D eigenvalue weighted by Gasteiger charge is 2.04. The fourth-order valence-corrected chi connectivity index (χ4v) is 1.69. The van der Waals surface area contributed by atoms with Crippen LogP contribution in [0.3, 0.4) is 0 Å². The van der Waals surface area contributed by atoms with Crippen molar-refractivity contribution in [2.45, 2.75) is 0 Å². The fourth-order valence-electron chi connectivity index (χ4n) is 1.69. The highest BCUT2D eigenvalue weighted by molar-refractivity contribution is 5.86. The van der Waals surface area contributed by atoms with E-state index in [-0.39, 0.29) is 0 Å². The number of H-pyrrole nitrogens is 1. The van der Waals surface area contributed by atoms with E-state index < -0.39 is 5.76 Å². The Labute approximate surface area is 90.5 Å². The smallest absolute Gasteiger partial charge is 0.296 e. The largest absolute Gasteiger partial charge is 0.439 e. The first-order valence-electron chi connectivity index (χ1n) is 4.88. The number of nitrogens with one attached hydrogen (secondary N) is 1. The second-order valence-electron chi connectivity index (χ2n) is 3.51. The van der Waals surface area contributed by atoms with Crippen LogP contribution in [0.1, 0.15) is 0 Å². The summed E-state index contributed by atoms with van der Waals surface area (Å²) < 4.78 is 4.47. The average Bonchev–Trinajstić information content (AvgIpc) is 2.75. The zero-order valence-electron chi connectivity index (χ0n) is 8.31. The van der Waals surface area contributed by atoms with Gasteiger partial charge in [-0.1, -0.05) is 41.6 Å². The van der Waals surface area contributed by atoms with E-state index in [9.17, 15) is 4.79 Å². The number of benzene rings is 2. The van der Waals surface area contributed by atoms with Crippen LogP contribution in [0.5, 0.6) is 0 Å². The van der Waals surface area contributed by atoms with E-state index in [1.807, 2.05) is 42.5 Å². The fraction of sp³-hybridized carbons (Fsp3) is 0. The van der Waals surface area contributed by atoms with Gasteiger partial charge in [-0.3, -0.25) is 9.51 Å². The van der Waals surface area contributed by atoms with Gasteiger partial charge in [0.05, 0.1) is 0 Å². The first-order chi connectivity index (χ1) is 7.83. The van der Waals surface area contributed by atoms with Gasteiger partial charge in [0.2, 0.25) is 0 Å². The van der Waals surface area contributed by atoms with Crippen molar-refractivity contribution in [1.29, 1.82) is 0 Å². The van der Waals surface area contributed by atoms with Gasteiger partial charge >= 0.3 is 5.76 Å². The van der Waals surface area contributed by atoms with Crippen molar-refractivity contribution in [2.75, 3.05) is 0 Å². The number of rotatable bonds is 1. The van der Waals surface area contributed by atoms with E-state index in [0.29, 0.717) is 5.82 Å². The zero-order valence-corrected chi connectivity index (χ0v) is 8.31. The number of hydrogen-bond donors (Lipinski definition) is 1. The van der Waals surface area contributed by atoms with Crippen LogP contribution >= 0.6 is 0 Å². The van der Waals surface area contributed by atoms with Crippen LogP contribution in [0.15, 0.2) is 51.8 Å². The molecule has 0 atom stereocenters. The van der Waals surface area contributed by atoms with Crippen LogP contribution in [0.4, 0.5) is 0 Å². The van der Waals surface area contributed by atoms with Crippen LogP contribution in [-0.4, -0.2) is 10.1 Å². The van der Waals surface area contributed by atoms with Gasteiger partial charge in [0.15, 0.2) is 5.82 Å². The Kier molecular flexibility index (Phi) is 1.86. The van der Waals surface area contributed by atoms with Gasteiger partial charge in [0, 0.05) is 5.56 Å². The van der Waals surface area contributed by atoms with Crippen molar-refractivity contribution in [3.05, 3.63) is 53.0 Å². The molecule has 4 nitrogen and oxygen atoms in total. The predicted molar refractivity (Wildman–Crippen MR) is 60.1 cm³/mol. The van der Waals surface area contributed by atoms with Crippen molar-refractivity contribution in [2.24, 2.45) is 0 Å². The van der Waals surface area contributed by atoms with Crippen molar-refractivity contribution < 1.29 is 4.52 Å². The molecular formula is C12H8N2O2. The Morgan fingerprint density at radius 2 is 1.88 bits per heavy atom. The number of aromatic nitrogens is 2. The standard InChI is InChI=1S/C12H8N2O2/c15-12-13-11(14-16-12)10-6-5-8-3-1-2-4-9(8)7-10/h1-7H,(H,13,14,15). The SMILES string of the molecule is O=c1[nH]c(-c2ccc3ccccc3c2)no1. The Bertz CT molecular complexity index is 697. The lowest BCUT2D eigenvalue weighted by molar-refractivity contribution is 0.388. The molecule has 1 N–H and O–H groups in total. The Morgan fingerprint density at radius 3 is 2.62 bits per heavy atom. The number of hydrogen-bond acceptors (Lipinski definition) is 3. The molecule has 4 heteroatoms. The predicted octanol–water partition coefficient (Wildman–Crippen LogP) is 2.18. The maximum Gasteiger partial charge on any atom is 0.439 e. The van der Waals surface area contributed by atoms with E-state index in [4.69, 9.17) is 0 Å². The van der Waals surface area contributed by atoms with Crippen LogP contribution < -0.4 is 5.76 Å². The van der Waals surface area contributed by atoms with Gasteiger partial charge in [-0.25, -0.2) is 4.79 Å². The summed E-state index contributed by atoms with van der Waals surface area (Å²) in [5.41, 5.74) is 0.838. The van der Waals surface area contributed by atoms with Gasteiger partial charge in [-0.15, -0.1) is 0 Å². The highest BCUT2D eigenvalue weighted by atomic mass is 16.5. The summed E-state index contributed by atoms with van der Waals surface area (Å²) in [5.74, 6) is -0.0843. The van der Waals surface area contributed by atoms with Gasteiger partial charge in [0.25, 0.3) is 0 Å². The molecule has 0 bridgehead atoms. The van der Waals surface area contributed by atoms with Crippen molar-refractivity contribution >= 4 is 10.8 Å². The molecule has 0 saturated heterocycles. The van der Waals surface area contributed by atoms with E-state index in [1.54, 1.807) is 0 Å². The molecule has 0 saturated carbocycles. The van der Waals surface area contributed by atoms with E-state index in [0.717, 1.165) is 16.3 Å². The molecule has 1 heterocycles. The normalized spacial score (nSPS) is 10.8. The second-order valence-corrected chi connectivity index (χ2v) is 3.51. The minimum Gasteiger partial charge on any atom is -0.296 e. The molecule has 0 amide bonds. The molecule has 3 rings (SSSR count). The van der Waals surface area contributed by atoms with Gasteiger partial charge in [-0.2, -0.15) is 0 Å². The lowest BCUT2D eigenvalue weighted by Crippen LogP contribution is -1.94. The molecule has 78 valence electrons. The van der Waals surface area contributed by atoms with Crippen LogP contribution in [0, 0.1) is 0 Å². The first-order valence-corrected chi connectivity index (χ1v) is 4.88. The lowest BCUT2D eigenvalue weighted by atomic mass is 10.1. The van der Waals surface area contributed by atoms with E-state index in [1.165, 1.54) is 0 Å². The summed E-state index contributed by atoms with van der Waals surface area (Å²) in [5, 5.41) is 5.90. The third-order valence-electron chi connectivity index (χ3n) is 2.46. The Balaban J connectivity index is 2.22. The monoisotopic (exact) mass is 212 g/mol. The molecule has 3 aromatic rings. The molecule has 2 aromatic carbocycles. The number of aromatic amines is 1. The first kappa shape index (κ1) is 8.91. The molecule has 0 aliphatic heterocycles. The summed E-state index contributed by atoms with van der Waals surface area (Å²) in [6.45, 7) is 0. The van der Waals surface area contributed by atoms with Gasteiger partial charge in [-0.05, 0) is 16.8 Å². The minimum atomic E-state index is -0.539. The molecule has 0 aliphatic carbocycles. The summed E-state index contributed by atoms with van der Waals surface area (Å²) in [6, 6.07) is 13.8. The van der Waals surface area contributed by atoms with Crippen molar-refractivity contribution in [3.8, 4) is 11.4 Å². The van der Waals surface area contributed by atoms with E-state index in [2.05, 4.69) is 14.7 Å². The van der Waals surface area contributed by atoms with E-state index >= 15 is 0 Å². The lowest BCUT2D eigenvalue weighted by Gasteiger charge is -1.99. The summed E-state index contributed by atoms with van der Waals surface area (Å²) >= 11 is 0. The topological polar surface area (TPSA) is 58.9 Å². The van der Waals surface area contributed by atoms with Gasteiger partial charge in [0.1, 0.15) is 0 Å². The Morgan fingerprint density at radius 1 is 1.06 bits per heavy atom. The summed E-state index contributed by atoms with van der Waals surface area (Å²) in [4.78, 5) is 13.4. The Hall–Kier alpha value is -2.36. The summed E-state index contributed by atoms with van der Waals surface area (Å²) in [7, 11) is 0. The molecular weight excluding hydrogens is 204 g/mol. The van der Waals surface area contributed by atoms with Gasteiger partial charge < -0.3 is 0 Å². The third kappa shape index (κ3) is 1.40. The van der Waals surface area contributed by atoms with Crippen LogP contribution in [0.25, 0.3) is 22.2 Å². The van der Waals surface area contributed by atoms with Crippen molar-refractivity contribution in [3.63, 3.8) is 0 Å². The average molecular weight is 212 g/mol. The third-order valence-corrected chi connectivity index (χ3v) is 2.46. The quantitative estimate of drug-likeness (QED) is 0.672. The molecule has 1 aromatic heterocycles. The molecule has 0 unspecified atom stereocenters. The second kappa shape index (κ2) is 3.34. The number of nitrogens with zero attached hydrogens (tertiary/aromatic N) is 1. The molecule has 0 spiro atoms. The molecule has 0 aliphatic rings. The highest BCUT2D eigenvalue weighted by Crippen LogP contribution is 2.20. The van der Waals surface area contributed by atoms with Crippen LogP contribution in [-0.2, 0) is 0 Å². The minimum absolute atomic E-state index is 0.454. The molecule has 16 heavy (non-hydrogen) atoms.